The number of carbonyl (C=O) groups is 1. The van der Waals surface area contributed by atoms with Crippen LogP contribution < -0.4 is 9.47 Å². The lowest BCUT2D eigenvalue weighted by Crippen LogP contribution is -2.11. The van der Waals surface area contributed by atoms with Crippen LogP contribution in [0.4, 0.5) is 0 Å². The molecule has 0 bridgehead atoms. The van der Waals surface area contributed by atoms with Gasteiger partial charge in [-0.25, -0.2) is 9.78 Å². The van der Waals surface area contributed by atoms with Crippen molar-refractivity contribution in [2.24, 2.45) is 0 Å². The molecule has 0 atom stereocenters. The smallest absolute Gasteiger partial charge is 0.358 e. The summed E-state index contributed by atoms with van der Waals surface area (Å²) >= 11 is 3.49. The van der Waals surface area contributed by atoms with E-state index in [4.69, 9.17) is 14.2 Å². The lowest BCUT2D eigenvalue weighted by molar-refractivity contribution is 0.0463. The molecule has 0 N–H and O–H groups in total. The zero-order valence-corrected chi connectivity index (χ0v) is 19.4. The van der Waals surface area contributed by atoms with Crippen LogP contribution in [-0.4, -0.2) is 11.0 Å². The molecule has 0 saturated heterocycles. The predicted molar refractivity (Wildman–Crippen MR) is 129 cm³/mol. The highest BCUT2D eigenvalue weighted by Crippen LogP contribution is 2.38. The van der Waals surface area contributed by atoms with E-state index in [0.717, 1.165) is 16.7 Å². The molecule has 4 rings (SSSR count). The van der Waals surface area contributed by atoms with Crippen molar-refractivity contribution in [2.45, 2.75) is 19.8 Å². The highest BCUT2D eigenvalue weighted by atomic mass is 79.9. The van der Waals surface area contributed by atoms with Gasteiger partial charge >= 0.3 is 5.97 Å². The third kappa shape index (κ3) is 6.20. The van der Waals surface area contributed by atoms with Gasteiger partial charge in [-0.05, 0) is 32.6 Å². The minimum absolute atomic E-state index is 0.126. The Morgan fingerprint density at radius 2 is 1.18 bits per heavy atom. The number of halogens is 1. The Balaban J connectivity index is 1.55. The average Bonchev–Trinajstić information content (AvgIpc) is 2.87. The number of hydrogen-bond donors (Lipinski definition) is 0. The van der Waals surface area contributed by atoms with Gasteiger partial charge in [-0.15, -0.1) is 0 Å². The molecular formula is C27H22BrNO4. The van der Waals surface area contributed by atoms with Gasteiger partial charge in [-0.3, -0.25) is 0 Å². The highest BCUT2D eigenvalue weighted by Gasteiger charge is 2.22. The maximum absolute atomic E-state index is 12.7. The molecule has 6 heteroatoms. The van der Waals surface area contributed by atoms with E-state index in [9.17, 15) is 4.79 Å². The first-order valence-corrected chi connectivity index (χ1v) is 11.2. The zero-order chi connectivity index (χ0) is 22.9. The SMILES string of the molecule is O=C(OCc1ccccc1)c1ncc(OCc2ccccc2)c(OCc2ccccc2)c1Br. The molecule has 0 aliphatic heterocycles. The Labute approximate surface area is 201 Å². The Morgan fingerprint density at radius 3 is 1.73 bits per heavy atom. The summed E-state index contributed by atoms with van der Waals surface area (Å²) in [5.41, 5.74) is 3.02. The van der Waals surface area contributed by atoms with Crippen molar-refractivity contribution in [1.82, 2.24) is 4.98 Å². The van der Waals surface area contributed by atoms with E-state index in [1.54, 1.807) is 0 Å². The minimum atomic E-state index is -0.551. The number of carbonyl (C=O) groups excluding carboxylic acids is 1. The largest absolute Gasteiger partial charge is 0.484 e. The number of esters is 1. The fourth-order valence-corrected chi connectivity index (χ4v) is 3.66. The van der Waals surface area contributed by atoms with Crippen molar-refractivity contribution in [1.29, 1.82) is 0 Å². The summed E-state index contributed by atoms with van der Waals surface area (Å²) in [6, 6.07) is 29.1. The van der Waals surface area contributed by atoms with Crippen LogP contribution in [0.2, 0.25) is 0 Å². The van der Waals surface area contributed by atoms with E-state index < -0.39 is 5.97 Å². The van der Waals surface area contributed by atoms with Gasteiger partial charge in [0.1, 0.15) is 19.8 Å². The Bertz CT molecular complexity index is 1180. The molecular weight excluding hydrogens is 482 g/mol. The van der Waals surface area contributed by atoms with Crippen LogP contribution in [0.15, 0.2) is 102 Å². The number of hydrogen-bond acceptors (Lipinski definition) is 5. The van der Waals surface area contributed by atoms with Crippen molar-refractivity contribution >= 4 is 21.9 Å². The molecule has 0 radical (unpaired) electrons. The van der Waals surface area contributed by atoms with Crippen LogP contribution in [0.25, 0.3) is 0 Å². The Kier molecular flexibility index (Phi) is 7.72. The van der Waals surface area contributed by atoms with Gasteiger partial charge in [0.05, 0.1) is 10.7 Å². The van der Waals surface area contributed by atoms with Gasteiger partial charge in [0.15, 0.2) is 17.2 Å². The van der Waals surface area contributed by atoms with E-state index in [1.165, 1.54) is 6.20 Å². The molecule has 0 amide bonds. The standard InChI is InChI=1S/C27H22BrNO4/c28-24-25(27(30)33-19-22-14-8-3-9-15-22)29-16-23(31-17-20-10-4-1-5-11-20)26(24)32-18-21-12-6-2-7-13-21/h1-16H,17-19H2. The van der Waals surface area contributed by atoms with Crippen molar-refractivity contribution in [3.8, 4) is 11.5 Å². The van der Waals surface area contributed by atoms with Crippen LogP contribution in [0, 0.1) is 0 Å². The van der Waals surface area contributed by atoms with E-state index >= 15 is 0 Å². The van der Waals surface area contributed by atoms with Crippen molar-refractivity contribution in [2.75, 3.05) is 0 Å². The fourth-order valence-electron chi connectivity index (χ4n) is 3.09. The molecule has 0 aliphatic carbocycles. The molecule has 0 spiro atoms. The van der Waals surface area contributed by atoms with E-state index in [-0.39, 0.29) is 12.3 Å². The monoisotopic (exact) mass is 503 g/mol. The Morgan fingerprint density at radius 1 is 0.697 bits per heavy atom. The Hall–Kier alpha value is -3.64. The first-order chi connectivity index (χ1) is 16.2. The molecule has 33 heavy (non-hydrogen) atoms. The summed E-state index contributed by atoms with van der Waals surface area (Å²) in [7, 11) is 0. The molecule has 1 aromatic heterocycles. The van der Waals surface area contributed by atoms with E-state index in [2.05, 4.69) is 20.9 Å². The first-order valence-electron chi connectivity index (χ1n) is 10.4. The van der Waals surface area contributed by atoms with E-state index in [1.807, 2.05) is 91.0 Å². The predicted octanol–water partition coefficient (Wildman–Crippen LogP) is 6.36. The number of benzene rings is 3. The van der Waals surface area contributed by atoms with Gasteiger partial charge in [0.2, 0.25) is 0 Å². The lowest BCUT2D eigenvalue weighted by Gasteiger charge is -2.16. The van der Waals surface area contributed by atoms with Crippen molar-refractivity contribution in [3.05, 3.63) is 124 Å². The topological polar surface area (TPSA) is 57.7 Å². The average molecular weight is 504 g/mol. The number of nitrogens with zero attached hydrogens (tertiary/aromatic N) is 1. The molecule has 1 heterocycles. The van der Waals surface area contributed by atoms with Gasteiger partial charge in [0.25, 0.3) is 0 Å². The highest BCUT2D eigenvalue weighted by molar-refractivity contribution is 9.10. The van der Waals surface area contributed by atoms with Crippen LogP contribution in [0.3, 0.4) is 0 Å². The van der Waals surface area contributed by atoms with E-state index in [0.29, 0.717) is 29.2 Å². The first kappa shape index (κ1) is 22.6. The fraction of sp³-hybridized carbons (Fsp3) is 0.111. The van der Waals surface area contributed by atoms with Gasteiger partial charge < -0.3 is 14.2 Å². The number of rotatable bonds is 9. The normalized spacial score (nSPS) is 10.5. The molecule has 5 nitrogen and oxygen atoms in total. The number of ether oxygens (including phenoxy) is 3. The minimum Gasteiger partial charge on any atom is -0.484 e. The van der Waals surface area contributed by atoms with Crippen LogP contribution in [0.1, 0.15) is 27.2 Å². The second-order valence-electron chi connectivity index (χ2n) is 7.22. The third-order valence-electron chi connectivity index (χ3n) is 4.81. The molecule has 0 fully saturated rings. The molecule has 0 saturated carbocycles. The molecule has 0 aliphatic rings. The number of aromatic nitrogens is 1. The van der Waals surface area contributed by atoms with Crippen molar-refractivity contribution in [3.63, 3.8) is 0 Å². The van der Waals surface area contributed by atoms with Gasteiger partial charge in [0, 0.05) is 0 Å². The second-order valence-corrected chi connectivity index (χ2v) is 8.02. The maximum Gasteiger partial charge on any atom is 0.358 e. The van der Waals surface area contributed by atoms with Gasteiger partial charge in [-0.2, -0.15) is 0 Å². The van der Waals surface area contributed by atoms with Gasteiger partial charge in [-0.1, -0.05) is 91.0 Å². The molecule has 3 aromatic carbocycles. The molecule has 4 aromatic rings. The maximum atomic E-state index is 12.7. The van der Waals surface area contributed by atoms with Crippen LogP contribution in [0.5, 0.6) is 11.5 Å². The summed E-state index contributed by atoms with van der Waals surface area (Å²) in [6.07, 6.45) is 1.49. The quantitative estimate of drug-likeness (QED) is 0.248. The summed E-state index contributed by atoms with van der Waals surface area (Å²) in [4.78, 5) is 17.0. The van der Waals surface area contributed by atoms with Crippen LogP contribution >= 0.6 is 15.9 Å². The summed E-state index contributed by atoms with van der Waals surface area (Å²) < 4.78 is 17.9. The summed E-state index contributed by atoms with van der Waals surface area (Å²) in [5, 5.41) is 0. The second kappa shape index (κ2) is 11.3. The van der Waals surface area contributed by atoms with Crippen molar-refractivity contribution < 1.29 is 19.0 Å². The summed E-state index contributed by atoms with van der Waals surface area (Å²) in [5.74, 6) is 0.280. The third-order valence-corrected chi connectivity index (χ3v) is 5.55. The molecule has 0 unspecified atom stereocenters. The van der Waals surface area contributed by atoms with Crippen LogP contribution in [-0.2, 0) is 24.6 Å². The molecule has 166 valence electrons. The summed E-state index contributed by atoms with van der Waals surface area (Å²) in [6.45, 7) is 0.804. The zero-order valence-electron chi connectivity index (χ0n) is 17.8. The number of pyridine rings is 1. The lowest BCUT2D eigenvalue weighted by atomic mass is 10.2.